The van der Waals surface area contributed by atoms with Crippen molar-refractivity contribution in [3.8, 4) is 22.8 Å². The van der Waals surface area contributed by atoms with Gasteiger partial charge in [0.05, 0.1) is 0 Å². The molecule has 2 aromatic carbocycles. The summed E-state index contributed by atoms with van der Waals surface area (Å²) in [6.45, 7) is 3.78. The zero-order valence-electron chi connectivity index (χ0n) is 16.9. The maximum atomic E-state index is 13.1. The van der Waals surface area contributed by atoms with E-state index < -0.39 is 5.56 Å². The number of halogens is 1. The van der Waals surface area contributed by atoms with Crippen molar-refractivity contribution in [2.75, 3.05) is 5.32 Å². The molecule has 0 fully saturated rings. The predicted octanol–water partition coefficient (Wildman–Crippen LogP) is 3.96. The summed E-state index contributed by atoms with van der Waals surface area (Å²) in [5.41, 5.74) is 3.14. The molecule has 2 heterocycles. The maximum Gasteiger partial charge on any atom is 0.263 e. The van der Waals surface area contributed by atoms with Crippen LogP contribution in [0, 0.1) is 19.7 Å². The SMILES string of the molecule is Cc1ccc(NC(=O)Cn2cccc(-c3nc(-c4ccc(F)cc4)no3)c2=O)cc1C. The molecule has 0 atom stereocenters. The molecule has 0 unspecified atom stereocenters. The Bertz CT molecular complexity index is 1310. The van der Waals surface area contributed by atoms with Crippen molar-refractivity contribution >= 4 is 11.6 Å². The Balaban J connectivity index is 1.54. The zero-order chi connectivity index (χ0) is 22.0. The molecular weight excluding hydrogens is 399 g/mol. The second-order valence-corrected chi connectivity index (χ2v) is 7.13. The van der Waals surface area contributed by atoms with Gasteiger partial charge in [-0.15, -0.1) is 0 Å². The van der Waals surface area contributed by atoms with Crippen LogP contribution in [-0.2, 0) is 11.3 Å². The molecular formula is C23H19FN4O3. The number of benzene rings is 2. The van der Waals surface area contributed by atoms with E-state index in [4.69, 9.17) is 4.52 Å². The lowest BCUT2D eigenvalue weighted by Crippen LogP contribution is -2.28. The van der Waals surface area contributed by atoms with Gasteiger partial charge in [-0.1, -0.05) is 11.2 Å². The fourth-order valence-corrected chi connectivity index (χ4v) is 3.05. The van der Waals surface area contributed by atoms with Crippen LogP contribution in [0.4, 0.5) is 10.1 Å². The number of hydrogen-bond acceptors (Lipinski definition) is 5. The molecule has 0 bridgehead atoms. The summed E-state index contributed by atoms with van der Waals surface area (Å²) in [5.74, 6) is -0.456. The fraction of sp³-hybridized carbons (Fsp3) is 0.130. The summed E-state index contributed by atoms with van der Waals surface area (Å²) in [7, 11) is 0. The van der Waals surface area contributed by atoms with Crippen molar-refractivity contribution in [2.45, 2.75) is 20.4 Å². The number of carbonyl (C=O) groups excluding carboxylic acids is 1. The highest BCUT2D eigenvalue weighted by Crippen LogP contribution is 2.20. The van der Waals surface area contributed by atoms with Crippen LogP contribution in [-0.4, -0.2) is 20.6 Å². The highest BCUT2D eigenvalue weighted by atomic mass is 19.1. The molecule has 0 radical (unpaired) electrons. The molecule has 0 aliphatic carbocycles. The Kier molecular flexibility index (Phi) is 5.44. The van der Waals surface area contributed by atoms with Crippen LogP contribution in [0.15, 0.2) is 70.1 Å². The number of nitrogens with zero attached hydrogens (tertiary/aromatic N) is 3. The standard InChI is InChI=1S/C23H19FN4O3/c1-14-5-10-18(12-15(14)2)25-20(29)13-28-11-3-4-19(23(28)30)22-26-21(27-31-22)16-6-8-17(24)9-7-16/h3-12H,13H2,1-2H3,(H,25,29). The number of anilines is 1. The molecule has 0 aliphatic heterocycles. The molecule has 8 heteroatoms. The molecule has 0 saturated carbocycles. The molecule has 4 rings (SSSR count). The van der Waals surface area contributed by atoms with Crippen molar-refractivity contribution in [1.82, 2.24) is 14.7 Å². The highest BCUT2D eigenvalue weighted by molar-refractivity contribution is 5.90. The monoisotopic (exact) mass is 418 g/mol. The quantitative estimate of drug-likeness (QED) is 0.530. The van der Waals surface area contributed by atoms with Gasteiger partial charge in [0.2, 0.25) is 11.7 Å². The van der Waals surface area contributed by atoms with E-state index in [-0.39, 0.29) is 35.5 Å². The van der Waals surface area contributed by atoms with Crippen molar-refractivity contribution in [2.24, 2.45) is 0 Å². The Morgan fingerprint density at radius 1 is 1.10 bits per heavy atom. The first-order chi connectivity index (χ1) is 14.9. The van der Waals surface area contributed by atoms with Gasteiger partial charge in [-0.05, 0) is 73.5 Å². The van der Waals surface area contributed by atoms with E-state index in [1.165, 1.54) is 35.0 Å². The Morgan fingerprint density at radius 3 is 2.61 bits per heavy atom. The minimum atomic E-state index is -0.438. The van der Waals surface area contributed by atoms with E-state index in [9.17, 15) is 14.0 Å². The van der Waals surface area contributed by atoms with E-state index in [0.717, 1.165) is 11.1 Å². The molecule has 1 N–H and O–H groups in total. The molecule has 1 amide bonds. The van der Waals surface area contributed by atoms with Crippen LogP contribution in [0.25, 0.3) is 22.8 Å². The Labute approximate surface area is 177 Å². The van der Waals surface area contributed by atoms with Crippen LogP contribution >= 0.6 is 0 Å². The molecule has 2 aromatic heterocycles. The van der Waals surface area contributed by atoms with Crippen LogP contribution < -0.4 is 10.9 Å². The lowest BCUT2D eigenvalue weighted by molar-refractivity contribution is -0.116. The molecule has 0 aliphatic rings. The van der Waals surface area contributed by atoms with Gasteiger partial charge in [0, 0.05) is 17.4 Å². The van der Waals surface area contributed by atoms with Gasteiger partial charge in [0.25, 0.3) is 11.4 Å². The van der Waals surface area contributed by atoms with Crippen LogP contribution in [0.2, 0.25) is 0 Å². The van der Waals surface area contributed by atoms with Gasteiger partial charge in [0.15, 0.2) is 0 Å². The molecule has 31 heavy (non-hydrogen) atoms. The average molecular weight is 418 g/mol. The van der Waals surface area contributed by atoms with Gasteiger partial charge >= 0.3 is 0 Å². The lowest BCUT2D eigenvalue weighted by atomic mass is 10.1. The summed E-state index contributed by atoms with van der Waals surface area (Å²) < 4.78 is 19.6. The number of pyridine rings is 1. The van der Waals surface area contributed by atoms with Gasteiger partial charge < -0.3 is 14.4 Å². The summed E-state index contributed by atoms with van der Waals surface area (Å²) in [4.78, 5) is 29.5. The molecule has 4 aromatic rings. The maximum absolute atomic E-state index is 13.1. The van der Waals surface area contributed by atoms with E-state index in [0.29, 0.717) is 11.3 Å². The van der Waals surface area contributed by atoms with E-state index in [1.807, 2.05) is 32.0 Å². The summed E-state index contributed by atoms with van der Waals surface area (Å²) >= 11 is 0. The number of amides is 1. The second-order valence-electron chi connectivity index (χ2n) is 7.13. The number of carbonyl (C=O) groups is 1. The minimum absolute atomic E-state index is 0.0215. The Morgan fingerprint density at radius 2 is 1.87 bits per heavy atom. The number of nitrogens with one attached hydrogen (secondary N) is 1. The van der Waals surface area contributed by atoms with Crippen LogP contribution in [0.3, 0.4) is 0 Å². The zero-order valence-corrected chi connectivity index (χ0v) is 16.9. The number of aromatic nitrogens is 3. The third kappa shape index (κ3) is 4.42. The summed E-state index contributed by atoms with van der Waals surface area (Å²) in [6.07, 6.45) is 1.52. The third-order valence-electron chi connectivity index (χ3n) is 4.88. The van der Waals surface area contributed by atoms with Crippen molar-refractivity contribution < 1.29 is 13.7 Å². The predicted molar refractivity (Wildman–Crippen MR) is 114 cm³/mol. The van der Waals surface area contributed by atoms with E-state index in [2.05, 4.69) is 15.5 Å². The Hall–Kier alpha value is -4.07. The first kappa shape index (κ1) is 20.2. The first-order valence-electron chi connectivity index (χ1n) is 9.57. The number of rotatable bonds is 5. The normalized spacial score (nSPS) is 10.8. The minimum Gasteiger partial charge on any atom is -0.333 e. The molecule has 0 saturated heterocycles. The number of aryl methyl sites for hydroxylation is 2. The molecule has 156 valence electrons. The van der Waals surface area contributed by atoms with E-state index >= 15 is 0 Å². The molecule has 7 nitrogen and oxygen atoms in total. The van der Waals surface area contributed by atoms with Gasteiger partial charge in [-0.3, -0.25) is 9.59 Å². The largest absolute Gasteiger partial charge is 0.333 e. The topological polar surface area (TPSA) is 90.0 Å². The van der Waals surface area contributed by atoms with Gasteiger partial charge in [0.1, 0.15) is 17.9 Å². The fourth-order valence-electron chi connectivity index (χ4n) is 3.05. The van der Waals surface area contributed by atoms with Gasteiger partial charge in [-0.25, -0.2) is 4.39 Å². The summed E-state index contributed by atoms with van der Waals surface area (Å²) in [6, 6.07) is 14.4. The third-order valence-corrected chi connectivity index (χ3v) is 4.88. The first-order valence-corrected chi connectivity index (χ1v) is 9.57. The van der Waals surface area contributed by atoms with Crippen molar-refractivity contribution in [3.63, 3.8) is 0 Å². The van der Waals surface area contributed by atoms with Gasteiger partial charge in [-0.2, -0.15) is 4.98 Å². The van der Waals surface area contributed by atoms with Crippen LogP contribution in [0.1, 0.15) is 11.1 Å². The van der Waals surface area contributed by atoms with E-state index in [1.54, 1.807) is 12.1 Å². The second kappa shape index (κ2) is 8.35. The van der Waals surface area contributed by atoms with Crippen molar-refractivity contribution in [3.05, 3.63) is 88.1 Å². The summed E-state index contributed by atoms with van der Waals surface area (Å²) in [5, 5.41) is 6.65. The smallest absolute Gasteiger partial charge is 0.263 e. The molecule has 0 spiro atoms. The lowest BCUT2D eigenvalue weighted by Gasteiger charge is -2.09. The van der Waals surface area contributed by atoms with Crippen molar-refractivity contribution in [1.29, 1.82) is 0 Å². The average Bonchev–Trinajstić information content (AvgIpc) is 3.23. The number of hydrogen-bond donors (Lipinski definition) is 1. The van der Waals surface area contributed by atoms with Crippen LogP contribution in [0.5, 0.6) is 0 Å². The highest BCUT2D eigenvalue weighted by Gasteiger charge is 2.16.